The average Bonchev–Trinajstić information content (AvgIpc) is 2.92. The fourth-order valence-electron chi connectivity index (χ4n) is 2.13. The fourth-order valence-corrected chi connectivity index (χ4v) is 2.13. The zero-order valence-corrected chi connectivity index (χ0v) is 11.0. The third-order valence-corrected chi connectivity index (χ3v) is 3.25. The first-order valence-corrected chi connectivity index (χ1v) is 6.55. The van der Waals surface area contributed by atoms with E-state index >= 15 is 0 Å². The summed E-state index contributed by atoms with van der Waals surface area (Å²) in [5.41, 5.74) is 0.862. The maximum absolute atomic E-state index is 12.7. The molecule has 1 fully saturated rings. The first kappa shape index (κ1) is 13.8. The molecule has 2 rings (SSSR count). The number of rotatable bonds is 4. The summed E-state index contributed by atoms with van der Waals surface area (Å²) in [4.78, 5) is 11.7. The van der Waals surface area contributed by atoms with Crippen molar-refractivity contribution in [2.75, 3.05) is 6.61 Å². The van der Waals surface area contributed by atoms with E-state index in [0.29, 0.717) is 6.54 Å². The van der Waals surface area contributed by atoms with Gasteiger partial charge in [0.25, 0.3) is 0 Å². The summed E-state index contributed by atoms with van der Waals surface area (Å²) in [6.07, 6.45) is 2.14. The van der Waals surface area contributed by atoms with Crippen LogP contribution in [0.5, 0.6) is 0 Å². The largest absolute Gasteiger partial charge is 0.376 e. The standard InChI is InChI=1S/C14H19FN2O2/c1-10(13-3-2-8-19-13)17-14(18)16-9-11-4-6-12(15)7-5-11/h4-7,10,13H,2-3,8-9H2,1H3,(H2,16,17,18)/t10-,13+/m1/s1. The highest BCUT2D eigenvalue weighted by Gasteiger charge is 2.23. The third kappa shape index (κ3) is 4.21. The van der Waals surface area contributed by atoms with Gasteiger partial charge in [-0.05, 0) is 37.5 Å². The van der Waals surface area contributed by atoms with Crippen LogP contribution in [0.2, 0.25) is 0 Å². The fraction of sp³-hybridized carbons (Fsp3) is 0.500. The Kier molecular flexibility index (Phi) is 4.74. The molecule has 0 unspecified atom stereocenters. The molecule has 0 spiro atoms. The minimum Gasteiger partial charge on any atom is -0.376 e. The summed E-state index contributed by atoms with van der Waals surface area (Å²) in [5.74, 6) is -0.278. The summed E-state index contributed by atoms with van der Waals surface area (Å²) < 4.78 is 18.2. The average molecular weight is 266 g/mol. The normalized spacial score (nSPS) is 20.0. The summed E-state index contributed by atoms with van der Waals surface area (Å²) in [7, 11) is 0. The van der Waals surface area contributed by atoms with Crippen LogP contribution in [0, 0.1) is 5.82 Å². The molecule has 1 saturated heterocycles. The topological polar surface area (TPSA) is 50.4 Å². The molecule has 1 aromatic rings. The van der Waals surface area contributed by atoms with Gasteiger partial charge in [-0.3, -0.25) is 0 Å². The van der Waals surface area contributed by atoms with E-state index < -0.39 is 0 Å². The van der Waals surface area contributed by atoms with Gasteiger partial charge in [-0.2, -0.15) is 0 Å². The molecule has 0 bridgehead atoms. The van der Waals surface area contributed by atoms with Crippen LogP contribution in [0.25, 0.3) is 0 Å². The zero-order valence-electron chi connectivity index (χ0n) is 11.0. The van der Waals surface area contributed by atoms with Crippen molar-refractivity contribution in [3.8, 4) is 0 Å². The van der Waals surface area contributed by atoms with E-state index in [-0.39, 0.29) is 24.0 Å². The molecule has 1 aliphatic rings. The second-order valence-electron chi connectivity index (χ2n) is 4.79. The van der Waals surface area contributed by atoms with Gasteiger partial charge in [-0.15, -0.1) is 0 Å². The molecule has 0 radical (unpaired) electrons. The first-order valence-electron chi connectivity index (χ1n) is 6.55. The lowest BCUT2D eigenvalue weighted by Crippen LogP contribution is -2.45. The lowest BCUT2D eigenvalue weighted by molar-refractivity contribution is 0.0860. The molecular weight excluding hydrogens is 247 g/mol. The Morgan fingerprint density at radius 3 is 2.84 bits per heavy atom. The van der Waals surface area contributed by atoms with Crippen LogP contribution in [0.3, 0.4) is 0 Å². The van der Waals surface area contributed by atoms with Gasteiger partial charge in [-0.25, -0.2) is 9.18 Å². The van der Waals surface area contributed by atoms with Crippen LogP contribution in [0.4, 0.5) is 9.18 Å². The highest BCUT2D eigenvalue weighted by molar-refractivity contribution is 5.74. The molecule has 1 aromatic carbocycles. The predicted octanol–water partition coefficient (Wildman–Crippen LogP) is 2.19. The molecule has 19 heavy (non-hydrogen) atoms. The van der Waals surface area contributed by atoms with Crippen LogP contribution in [0.15, 0.2) is 24.3 Å². The first-order chi connectivity index (χ1) is 9.15. The van der Waals surface area contributed by atoms with Gasteiger partial charge in [0.05, 0.1) is 12.1 Å². The number of halogens is 1. The summed E-state index contributed by atoms with van der Waals surface area (Å²) in [6, 6.07) is 5.83. The second kappa shape index (κ2) is 6.52. The molecule has 2 atom stereocenters. The Hall–Kier alpha value is -1.62. The van der Waals surface area contributed by atoms with E-state index in [0.717, 1.165) is 25.0 Å². The van der Waals surface area contributed by atoms with Crippen LogP contribution in [-0.2, 0) is 11.3 Å². The van der Waals surface area contributed by atoms with Crippen molar-refractivity contribution >= 4 is 6.03 Å². The smallest absolute Gasteiger partial charge is 0.315 e. The van der Waals surface area contributed by atoms with E-state index in [1.807, 2.05) is 6.92 Å². The molecule has 5 heteroatoms. The summed E-state index contributed by atoms with van der Waals surface area (Å²) in [5, 5.41) is 5.60. The Labute approximate surface area is 112 Å². The van der Waals surface area contributed by atoms with Gasteiger partial charge >= 0.3 is 6.03 Å². The van der Waals surface area contributed by atoms with E-state index in [4.69, 9.17) is 4.74 Å². The summed E-state index contributed by atoms with van der Waals surface area (Å²) >= 11 is 0. The molecule has 4 nitrogen and oxygen atoms in total. The minimum atomic E-state index is -0.278. The van der Waals surface area contributed by atoms with Crippen molar-refractivity contribution in [1.29, 1.82) is 0 Å². The van der Waals surface area contributed by atoms with Crippen molar-refractivity contribution in [3.05, 3.63) is 35.6 Å². The molecule has 0 saturated carbocycles. The van der Waals surface area contributed by atoms with E-state index in [1.165, 1.54) is 12.1 Å². The van der Waals surface area contributed by atoms with Crippen molar-refractivity contribution < 1.29 is 13.9 Å². The van der Waals surface area contributed by atoms with E-state index in [9.17, 15) is 9.18 Å². The quantitative estimate of drug-likeness (QED) is 0.877. The van der Waals surface area contributed by atoms with Gasteiger partial charge in [0.1, 0.15) is 5.82 Å². The highest BCUT2D eigenvalue weighted by atomic mass is 19.1. The maximum atomic E-state index is 12.7. The summed E-state index contributed by atoms with van der Waals surface area (Å²) in [6.45, 7) is 3.09. The monoisotopic (exact) mass is 266 g/mol. The Morgan fingerprint density at radius 1 is 1.47 bits per heavy atom. The van der Waals surface area contributed by atoms with Gasteiger partial charge in [-0.1, -0.05) is 12.1 Å². The number of carbonyl (C=O) groups is 1. The van der Waals surface area contributed by atoms with Gasteiger partial charge in [0, 0.05) is 13.2 Å². The number of ether oxygens (including phenoxy) is 1. The Balaban J connectivity index is 1.73. The van der Waals surface area contributed by atoms with Crippen LogP contribution < -0.4 is 10.6 Å². The number of benzene rings is 1. The molecular formula is C14H19FN2O2. The third-order valence-electron chi connectivity index (χ3n) is 3.25. The van der Waals surface area contributed by atoms with Gasteiger partial charge in [0.2, 0.25) is 0 Å². The van der Waals surface area contributed by atoms with E-state index in [2.05, 4.69) is 10.6 Å². The highest BCUT2D eigenvalue weighted by Crippen LogP contribution is 2.15. The molecule has 0 aliphatic carbocycles. The number of amides is 2. The molecule has 1 heterocycles. The van der Waals surface area contributed by atoms with Crippen LogP contribution >= 0.6 is 0 Å². The SMILES string of the molecule is C[C@@H](NC(=O)NCc1ccc(F)cc1)[C@@H]1CCCO1. The molecule has 2 N–H and O–H groups in total. The lowest BCUT2D eigenvalue weighted by atomic mass is 10.1. The van der Waals surface area contributed by atoms with Crippen LogP contribution in [-0.4, -0.2) is 24.8 Å². The van der Waals surface area contributed by atoms with Crippen molar-refractivity contribution in [2.24, 2.45) is 0 Å². The molecule has 1 aliphatic heterocycles. The number of hydrogen-bond donors (Lipinski definition) is 2. The zero-order chi connectivity index (χ0) is 13.7. The number of nitrogens with one attached hydrogen (secondary N) is 2. The van der Waals surface area contributed by atoms with Crippen LogP contribution in [0.1, 0.15) is 25.3 Å². The van der Waals surface area contributed by atoms with E-state index in [1.54, 1.807) is 12.1 Å². The minimum absolute atomic E-state index is 0.00396. The van der Waals surface area contributed by atoms with Crippen molar-refractivity contribution in [1.82, 2.24) is 10.6 Å². The van der Waals surface area contributed by atoms with Gasteiger partial charge in [0.15, 0.2) is 0 Å². The Morgan fingerprint density at radius 2 is 2.21 bits per heavy atom. The number of carbonyl (C=O) groups excluding carboxylic acids is 1. The maximum Gasteiger partial charge on any atom is 0.315 e. The molecule has 104 valence electrons. The molecule has 2 amide bonds. The Bertz CT molecular complexity index is 416. The lowest BCUT2D eigenvalue weighted by Gasteiger charge is -2.20. The predicted molar refractivity (Wildman–Crippen MR) is 70.2 cm³/mol. The second-order valence-corrected chi connectivity index (χ2v) is 4.79. The number of hydrogen-bond acceptors (Lipinski definition) is 2. The van der Waals surface area contributed by atoms with Gasteiger partial charge < -0.3 is 15.4 Å². The van der Waals surface area contributed by atoms with Crippen molar-refractivity contribution in [3.63, 3.8) is 0 Å². The molecule has 0 aromatic heterocycles. The van der Waals surface area contributed by atoms with Crippen molar-refractivity contribution in [2.45, 2.75) is 38.5 Å². The number of urea groups is 1.